The summed E-state index contributed by atoms with van der Waals surface area (Å²) in [7, 11) is 0. The van der Waals surface area contributed by atoms with Crippen molar-refractivity contribution in [1.82, 2.24) is 5.32 Å². The van der Waals surface area contributed by atoms with Crippen molar-refractivity contribution >= 4 is 17.7 Å². The van der Waals surface area contributed by atoms with Gasteiger partial charge in [-0.1, -0.05) is 18.2 Å². The third-order valence-corrected chi connectivity index (χ3v) is 3.79. The number of amides is 1. The predicted octanol–water partition coefficient (Wildman–Crippen LogP) is 2.43. The van der Waals surface area contributed by atoms with Crippen molar-refractivity contribution in [2.45, 2.75) is 29.7 Å². The SMILES string of the molecule is CSc1ccccc1C1(NC(=O)CC#N)CC1. The van der Waals surface area contributed by atoms with E-state index in [9.17, 15) is 4.79 Å². The number of nitrogens with one attached hydrogen (secondary N) is 1. The second-order valence-corrected chi connectivity index (χ2v) is 5.01. The highest BCUT2D eigenvalue weighted by molar-refractivity contribution is 7.98. The number of rotatable bonds is 4. The molecule has 4 heteroatoms. The number of hydrogen-bond donors (Lipinski definition) is 1. The van der Waals surface area contributed by atoms with Crippen LogP contribution in [0.1, 0.15) is 24.8 Å². The summed E-state index contributed by atoms with van der Waals surface area (Å²) >= 11 is 1.69. The van der Waals surface area contributed by atoms with Crippen LogP contribution >= 0.6 is 11.8 Å². The van der Waals surface area contributed by atoms with E-state index in [0.29, 0.717) is 0 Å². The number of nitrogens with zero attached hydrogens (tertiary/aromatic N) is 1. The van der Waals surface area contributed by atoms with Gasteiger partial charge in [-0.2, -0.15) is 5.26 Å². The Morgan fingerprint density at radius 3 is 2.82 bits per heavy atom. The van der Waals surface area contributed by atoms with Crippen LogP contribution in [-0.2, 0) is 10.3 Å². The molecule has 3 nitrogen and oxygen atoms in total. The lowest BCUT2D eigenvalue weighted by Gasteiger charge is -2.19. The molecule has 88 valence electrons. The summed E-state index contributed by atoms with van der Waals surface area (Å²) in [6, 6.07) is 10.0. The first-order chi connectivity index (χ1) is 8.22. The largest absolute Gasteiger partial charge is 0.346 e. The van der Waals surface area contributed by atoms with Crippen LogP contribution in [0.4, 0.5) is 0 Å². The molecule has 1 N–H and O–H groups in total. The van der Waals surface area contributed by atoms with Crippen LogP contribution in [0.15, 0.2) is 29.2 Å². The lowest BCUT2D eigenvalue weighted by atomic mass is 10.0. The van der Waals surface area contributed by atoms with Crippen LogP contribution in [-0.4, -0.2) is 12.2 Å². The minimum Gasteiger partial charge on any atom is -0.346 e. The van der Waals surface area contributed by atoms with Gasteiger partial charge in [0.2, 0.25) is 5.91 Å². The fraction of sp³-hybridized carbons (Fsp3) is 0.385. The minimum atomic E-state index is -0.215. The van der Waals surface area contributed by atoms with Crippen molar-refractivity contribution in [3.05, 3.63) is 29.8 Å². The van der Waals surface area contributed by atoms with E-state index in [4.69, 9.17) is 5.26 Å². The van der Waals surface area contributed by atoms with Crippen LogP contribution in [0.25, 0.3) is 0 Å². The molecule has 17 heavy (non-hydrogen) atoms. The Bertz CT molecular complexity index is 475. The Morgan fingerprint density at radius 1 is 1.53 bits per heavy atom. The highest BCUT2D eigenvalue weighted by Crippen LogP contribution is 2.48. The molecule has 0 atom stereocenters. The summed E-state index contributed by atoms with van der Waals surface area (Å²) in [5.41, 5.74) is 0.965. The van der Waals surface area contributed by atoms with Crippen LogP contribution in [0.5, 0.6) is 0 Å². The minimum absolute atomic E-state index is 0.0663. The monoisotopic (exact) mass is 246 g/mol. The van der Waals surface area contributed by atoms with Crippen molar-refractivity contribution in [3.63, 3.8) is 0 Å². The van der Waals surface area contributed by atoms with Crippen LogP contribution < -0.4 is 5.32 Å². The molecule has 1 saturated carbocycles. The highest BCUT2D eigenvalue weighted by atomic mass is 32.2. The molecule has 0 unspecified atom stereocenters. The van der Waals surface area contributed by atoms with Gasteiger partial charge in [0, 0.05) is 4.90 Å². The van der Waals surface area contributed by atoms with E-state index in [1.54, 1.807) is 11.8 Å². The number of carbonyl (C=O) groups is 1. The van der Waals surface area contributed by atoms with E-state index in [1.807, 2.05) is 24.5 Å². The number of nitriles is 1. The first-order valence-electron chi connectivity index (χ1n) is 5.53. The van der Waals surface area contributed by atoms with Gasteiger partial charge in [-0.05, 0) is 30.7 Å². The quantitative estimate of drug-likeness (QED) is 0.830. The zero-order valence-electron chi connectivity index (χ0n) is 9.69. The first kappa shape index (κ1) is 12.0. The molecular formula is C13H14N2OS. The van der Waals surface area contributed by atoms with Crippen molar-refractivity contribution in [2.24, 2.45) is 0 Å². The Morgan fingerprint density at radius 2 is 2.24 bits per heavy atom. The van der Waals surface area contributed by atoms with Crippen molar-refractivity contribution in [2.75, 3.05) is 6.26 Å². The molecule has 1 amide bonds. The number of hydrogen-bond acceptors (Lipinski definition) is 3. The topological polar surface area (TPSA) is 52.9 Å². The first-order valence-corrected chi connectivity index (χ1v) is 6.76. The Labute approximate surface area is 105 Å². The average Bonchev–Trinajstić information content (AvgIpc) is 3.10. The molecule has 1 aliphatic rings. The van der Waals surface area contributed by atoms with Gasteiger partial charge in [-0.3, -0.25) is 4.79 Å². The summed E-state index contributed by atoms with van der Waals surface area (Å²) in [6.45, 7) is 0. The lowest BCUT2D eigenvalue weighted by molar-refractivity contribution is -0.121. The van der Waals surface area contributed by atoms with Gasteiger partial charge in [0.15, 0.2) is 0 Å². The predicted molar refractivity (Wildman–Crippen MR) is 67.5 cm³/mol. The third kappa shape index (κ3) is 2.45. The lowest BCUT2D eigenvalue weighted by Crippen LogP contribution is -2.34. The van der Waals surface area contributed by atoms with E-state index < -0.39 is 0 Å². The molecule has 0 radical (unpaired) electrons. The summed E-state index contributed by atoms with van der Waals surface area (Å²) in [5.74, 6) is -0.180. The number of carbonyl (C=O) groups excluding carboxylic acids is 1. The zero-order chi connectivity index (χ0) is 12.3. The molecule has 0 saturated heterocycles. The Balaban J connectivity index is 2.21. The maximum atomic E-state index is 11.5. The van der Waals surface area contributed by atoms with Gasteiger partial charge in [-0.25, -0.2) is 0 Å². The van der Waals surface area contributed by atoms with E-state index >= 15 is 0 Å². The molecule has 1 aromatic carbocycles. The van der Waals surface area contributed by atoms with Gasteiger partial charge in [0.1, 0.15) is 6.42 Å². The van der Waals surface area contributed by atoms with Crippen molar-refractivity contribution in [1.29, 1.82) is 5.26 Å². The van der Waals surface area contributed by atoms with Crippen molar-refractivity contribution in [3.8, 4) is 6.07 Å². The molecule has 1 fully saturated rings. The molecule has 1 aromatic rings. The fourth-order valence-electron chi connectivity index (χ4n) is 2.01. The molecular weight excluding hydrogens is 232 g/mol. The van der Waals surface area contributed by atoms with Crippen LogP contribution in [0.3, 0.4) is 0 Å². The van der Waals surface area contributed by atoms with Gasteiger partial charge in [0.25, 0.3) is 0 Å². The smallest absolute Gasteiger partial charge is 0.234 e. The molecule has 0 heterocycles. The van der Waals surface area contributed by atoms with Gasteiger partial charge >= 0.3 is 0 Å². The number of thioether (sulfide) groups is 1. The van der Waals surface area contributed by atoms with E-state index in [0.717, 1.165) is 12.8 Å². The normalized spacial score (nSPS) is 16.0. The summed E-state index contributed by atoms with van der Waals surface area (Å²) in [6.07, 6.45) is 3.89. The molecule has 0 bridgehead atoms. The van der Waals surface area contributed by atoms with Gasteiger partial charge < -0.3 is 5.32 Å². The molecule has 2 rings (SSSR count). The standard InChI is InChI=1S/C13H14N2OS/c1-17-11-5-3-2-4-10(11)13(7-8-13)15-12(16)6-9-14/h2-5H,6-8H2,1H3,(H,15,16). The second-order valence-electron chi connectivity index (χ2n) is 4.17. The van der Waals surface area contributed by atoms with E-state index in [1.165, 1.54) is 10.5 Å². The Kier molecular flexibility index (Phi) is 3.39. The van der Waals surface area contributed by atoms with Crippen molar-refractivity contribution < 1.29 is 4.79 Å². The van der Waals surface area contributed by atoms with E-state index in [2.05, 4.69) is 17.4 Å². The van der Waals surface area contributed by atoms with Crippen LogP contribution in [0, 0.1) is 11.3 Å². The molecule has 0 aromatic heterocycles. The Hall–Kier alpha value is -1.47. The molecule has 0 aliphatic heterocycles. The zero-order valence-corrected chi connectivity index (χ0v) is 10.5. The number of benzene rings is 1. The maximum Gasteiger partial charge on any atom is 0.234 e. The summed E-state index contributed by atoms with van der Waals surface area (Å²) < 4.78 is 0. The van der Waals surface area contributed by atoms with Gasteiger partial charge in [0.05, 0.1) is 11.6 Å². The molecule has 0 spiro atoms. The summed E-state index contributed by atoms with van der Waals surface area (Å²) in [5, 5.41) is 11.5. The maximum absolute atomic E-state index is 11.5. The average molecular weight is 246 g/mol. The molecule has 1 aliphatic carbocycles. The summed E-state index contributed by atoms with van der Waals surface area (Å²) in [4.78, 5) is 12.7. The van der Waals surface area contributed by atoms with Crippen LogP contribution in [0.2, 0.25) is 0 Å². The fourth-order valence-corrected chi connectivity index (χ4v) is 2.71. The van der Waals surface area contributed by atoms with Gasteiger partial charge in [-0.15, -0.1) is 11.8 Å². The third-order valence-electron chi connectivity index (χ3n) is 2.99. The highest BCUT2D eigenvalue weighted by Gasteiger charge is 2.46. The second kappa shape index (κ2) is 4.80. The van der Waals surface area contributed by atoms with E-state index in [-0.39, 0.29) is 17.9 Å².